The van der Waals surface area contributed by atoms with Gasteiger partial charge in [-0.3, -0.25) is 4.79 Å². The number of benzene rings is 2. The molecule has 0 aromatic heterocycles. The van der Waals surface area contributed by atoms with E-state index in [4.69, 9.17) is 21.1 Å². The van der Waals surface area contributed by atoms with Crippen molar-refractivity contribution in [3.8, 4) is 11.5 Å². The van der Waals surface area contributed by atoms with E-state index in [1.807, 2.05) is 36.4 Å². The number of halogens is 1. The smallest absolute Gasteiger partial charge is 0.256 e. The number of ether oxygens (including phenoxy) is 2. The Balaban J connectivity index is 1.71. The van der Waals surface area contributed by atoms with Gasteiger partial charge in [-0.05, 0) is 42.0 Å². The Hall–Kier alpha value is -2.72. The predicted octanol–water partition coefficient (Wildman–Crippen LogP) is 4.16. The fraction of sp³-hybridized carbons (Fsp3) is 0.105. The van der Waals surface area contributed by atoms with E-state index >= 15 is 0 Å². The van der Waals surface area contributed by atoms with E-state index in [1.54, 1.807) is 19.2 Å². The van der Waals surface area contributed by atoms with Crippen molar-refractivity contribution in [3.05, 3.63) is 64.2 Å². The van der Waals surface area contributed by atoms with Crippen LogP contribution in [-0.4, -0.2) is 19.6 Å². The fourth-order valence-electron chi connectivity index (χ4n) is 2.87. The average Bonchev–Trinajstić information content (AvgIpc) is 2.89. The maximum absolute atomic E-state index is 12.2. The van der Waals surface area contributed by atoms with Crippen molar-refractivity contribution < 1.29 is 14.3 Å². The first-order valence-electron chi connectivity index (χ1n) is 7.48. The minimum atomic E-state index is -0.131. The summed E-state index contributed by atoms with van der Waals surface area (Å²) in [5.41, 5.74) is 4.10. The molecule has 5 heteroatoms. The molecule has 2 aliphatic heterocycles. The van der Waals surface area contributed by atoms with Gasteiger partial charge >= 0.3 is 0 Å². The summed E-state index contributed by atoms with van der Waals surface area (Å²) < 4.78 is 11.0. The van der Waals surface area contributed by atoms with Gasteiger partial charge in [0.1, 0.15) is 18.1 Å². The minimum Gasteiger partial charge on any atom is -0.497 e. The highest BCUT2D eigenvalue weighted by molar-refractivity contribution is 6.34. The third-order valence-corrected chi connectivity index (χ3v) is 4.29. The van der Waals surface area contributed by atoms with Crippen LogP contribution >= 0.6 is 11.6 Å². The van der Waals surface area contributed by atoms with Gasteiger partial charge in [0, 0.05) is 27.8 Å². The number of rotatable bonds is 2. The van der Waals surface area contributed by atoms with Crippen molar-refractivity contribution in [2.45, 2.75) is 0 Å². The number of methoxy groups -OCH3 is 1. The Bertz CT molecular complexity index is 915. The van der Waals surface area contributed by atoms with Gasteiger partial charge in [-0.1, -0.05) is 17.7 Å². The lowest BCUT2D eigenvalue weighted by Crippen LogP contribution is -2.08. The van der Waals surface area contributed by atoms with E-state index in [9.17, 15) is 4.79 Å². The molecule has 1 amide bonds. The van der Waals surface area contributed by atoms with Crippen molar-refractivity contribution in [2.75, 3.05) is 19.0 Å². The van der Waals surface area contributed by atoms with Crippen molar-refractivity contribution in [3.63, 3.8) is 0 Å². The maximum Gasteiger partial charge on any atom is 0.256 e. The Kier molecular flexibility index (Phi) is 3.54. The van der Waals surface area contributed by atoms with Crippen LogP contribution in [-0.2, 0) is 4.79 Å². The molecule has 0 spiro atoms. The molecule has 1 N–H and O–H groups in total. The lowest BCUT2D eigenvalue weighted by Gasteiger charge is -2.17. The first-order valence-corrected chi connectivity index (χ1v) is 7.86. The van der Waals surface area contributed by atoms with Crippen LogP contribution in [0.5, 0.6) is 11.5 Å². The van der Waals surface area contributed by atoms with Gasteiger partial charge in [0.15, 0.2) is 0 Å². The molecule has 0 atom stereocenters. The minimum absolute atomic E-state index is 0.131. The van der Waals surface area contributed by atoms with Crippen LogP contribution in [0.1, 0.15) is 11.1 Å². The second kappa shape index (κ2) is 5.73. The van der Waals surface area contributed by atoms with Crippen LogP contribution in [0.25, 0.3) is 11.6 Å². The third kappa shape index (κ3) is 2.55. The summed E-state index contributed by atoms with van der Waals surface area (Å²) in [7, 11) is 1.62. The van der Waals surface area contributed by atoms with E-state index in [2.05, 4.69) is 5.32 Å². The number of hydrogen-bond acceptors (Lipinski definition) is 3. The maximum atomic E-state index is 12.2. The van der Waals surface area contributed by atoms with Gasteiger partial charge in [0.05, 0.1) is 12.8 Å². The summed E-state index contributed by atoms with van der Waals surface area (Å²) in [6.07, 6.45) is 3.88. The third-order valence-electron chi connectivity index (χ3n) is 4.05. The zero-order valence-electron chi connectivity index (χ0n) is 12.9. The molecule has 0 aliphatic carbocycles. The van der Waals surface area contributed by atoms with Crippen molar-refractivity contribution in [1.82, 2.24) is 0 Å². The van der Waals surface area contributed by atoms with Gasteiger partial charge in [0.2, 0.25) is 0 Å². The molecule has 4 nitrogen and oxygen atoms in total. The Morgan fingerprint density at radius 1 is 1.25 bits per heavy atom. The van der Waals surface area contributed by atoms with Crippen molar-refractivity contribution in [1.29, 1.82) is 0 Å². The van der Waals surface area contributed by atoms with E-state index in [0.29, 0.717) is 17.2 Å². The highest BCUT2D eigenvalue weighted by atomic mass is 35.5. The largest absolute Gasteiger partial charge is 0.497 e. The van der Waals surface area contributed by atoms with Gasteiger partial charge < -0.3 is 14.8 Å². The van der Waals surface area contributed by atoms with Gasteiger partial charge in [-0.15, -0.1) is 0 Å². The molecule has 2 aliphatic rings. The molecule has 2 aromatic rings. The second-order valence-corrected chi connectivity index (χ2v) is 6.05. The zero-order valence-corrected chi connectivity index (χ0v) is 13.7. The van der Waals surface area contributed by atoms with E-state index < -0.39 is 0 Å². The molecule has 0 radical (unpaired) electrons. The van der Waals surface area contributed by atoms with Crippen LogP contribution in [0.15, 0.2) is 48.0 Å². The van der Waals surface area contributed by atoms with Crippen LogP contribution in [0.3, 0.4) is 0 Å². The average molecular weight is 340 g/mol. The zero-order chi connectivity index (χ0) is 16.7. The molecule has 0 saturated carbocycles. The monoisotopic (exact) mass is 339 g/mol. The highest BCUT2D eigenvalue weighted by Gasteiger charge is 2.25. The number of fused-ring (bicyclic) bond motifs is 2. The Labute approximate surface area is 144 Å². The van der Waals surface area contributed by atoms with Crippen LogP contribution in [0, 0.1) is 0 Å². The summed E-state index contributed by atoms with van der Waals surface area (Å²) in [5, 5.41) is 3.43. The van der Waals surface area contributed by atoms with E-state index in [1.165, 1.54) is 0 Å². The Morgan fingerprint density at radius 3 is 2.96 bits per heavy atom. The normalized spacial score (nSPS) is 16.8. The Morgan fingerprint density at radius 2 is 2.12 bits per heavy atom. The highest BCUT2D eigenvalue weighted by Crippen LogP contribution is 2.36. The molecule has 120 valence electrons. The molecular weight excluding hydrogens is 326 g/mol. The van der Waals surface area contributed by atoms with Crippen LogP contribution < -0.4 is 14.8 Å². The summed E-state index contributed by atoms with van der Waals surface area (Å²) >= 11 is 5.98. The summed E-state index contributed by atoms with van der Waals surface area (Å²) in [6.45, 7) is 0.403. The van der Waals surface area contributed by atoms with Crippen molar-refractivity contribution in [2.24, 2.45) is 0 Å². The topological polar surface area (TPSA) is 47.6 Å². The van der Waals surface area contributed by atoms with Crippen molar-refractivity contribution >= 4 is 34.8 Å². The molecule has 0 bridgehead atoms. The molecule has 0 fully saturated rings. The summed E-state index contributed by atoms with van der Waals surface area (Å²) in [4.78, 5) is 12.2. The first kappa shape index (κ1) is 14.8. The molecule has 4 rings (SSSR count). The van der Waals surface area contributed by atoms with Crippen LogP contribution in [0.4, 0.5) is 5.69 Å². The van der Waals surface area contributed by atoms with Gasteiger partial charge in [-0.2, -0.15) is 0 Å². The lowest BCUT2D eigenvalue weighted by atomic mass is 10.0. The molecule has 0 saturated heterocycles. The van der Waals surface area contributed by atoms with Crippen LogP contribution in [0.2, 0.25) is 5.02 Å². The number of carbonyl (C=O) groups is 1. The SMILES string of the molecule is COc1ccc2c(c1)OCC(C=C1C(=O)Nc3cc(Cl)ccc31)=C2. The van der Waals surface area contributed by atoms with E-state index in [0.717, 1.165) is 33.9 Å². The van der Waals surface area contributed by atoms with Gasteiger partial charge in [0.25, 0.3) is 5.91 Å². The number of nitrogens with one attached hydrogen (secondary N) is 1. The number of hydrogen-bond donors (Lipinski definition) is 1. The molecular formula is C19H14ClNO3. The molecule has 24 heavy (non-hydrogen) atoms. The van der Waals surface area contributed by atoms with E-state index in [-0.39, 0.29) is 5.91 Å². The summed E-state index contributed by atoms with van der Waals surface area (Å²) in [6, 6.07) is 11.1. The molecule has 0 unspecified atom stereocenters. The standard InChI is InChI=1S/C19H14ClNO3/c1-23-14-4-2-12-6-11(10-24-18(12)9-14)7-16-15-5-3-13(20)8-17(15)21-19(16)22/h2-9H,10H2,1H3,(H,21,22). The quantitative estimate of drug-likeness (QED) is 0.836. The number of anilines is 1. The fourth-order valence-corrected chi connectivity index (χ4v) is 3.04. The summed E-state index contributed by atoms with van der Waals surface area (Å²) in [5.74, 6) is 1.40. The predicted molar refractivity (Wildman–Crippen MR) is 94.5 cm³/mol. The number of carbonyl (C=O) groups excluding carboxylic acids is 1. The number of amides is 1. The molecule has 2 aromatic carbocycles. The second-order valence-electron chi connectivity index (χ2n) is 5.61. The molecule has 2 heterocycles. The van der Waals surface area contributed by atoms with Gasteiger partial charge in [-0.25, -0.2) is 0 Å². The lowest BCUT2D eigenvalue weighted by molar-refractivity contribution is -0.110. The first-order chi connectivity index (χ1) is 11.6.